The van der Waals surface area contributed by atoms with Crippen LogP contribution in [0.2, 0.25) is 5.02 Å². The number of carbonyl (C=O) groups excluding carboxylic acids is 2. The summed E-state index contributed by atoms with van der Waals surface area (Å²) in [4.78, 5) is 40.5. The van der Waals surface area contributed by atoms with Gasteiger partial charge in [0.2, 0.25) is 5.56 Å². The molecule has 0 radical (unpaired) electrons. The highest BCUT2D eigenvalue weighted by atomic mass is 35.5. The number of hydrogen-bond acceptors (Lipinski definition) is 5. The molecule has 1 amide bonds. The predicted molar refractivity (Wildman–Crippen MR) is 136 cm³/mol. The Kier molecular flexibility index (Phi) is 7.71. The Bertz CT molecular complexity index is 1370. The molecule has 1 heterocycles. The van der Waals surface area contributed by atoms with Crippen molar-refractivity contribution in [2.45, 2.75) is 52.4 Å². The minimum atomic E-state index is -1.24. The molecule has 3 rings (SSSR count). The van der Waals surface area contributed by atoms with Gasteiger partial charge in [-0.2, -0.15) is 0 Å². The minimum Gasteiger partial charge on any atom is -0.444 e. The van der Waals surface area contributed by atoms with Crippen molar-refractivity contribution in [3.05, 3.63) is 92.1 Å². The number of benzene rings is 2. The molecule has 0 saturated heterocycles. The normalized spacial score (nSPS) is 11.8. The lowest BCUT2D eigenvalue weighted by Crippen LogP contribution is -2.32. The first-order chi connectivity index (χ1) is 16.7. The molecule has 0 aliphatic rings. The van der Waals surface area contributed by atoms with E-state index in [0.717, 1.165) is 12.1 Å². The minimum absolute atomic E-state index is 0.0502. The maximum atomic E-state index is 13.6. The zero-order valence-corrected chi connectivity index (χ0v) is 21.4. The Morgan fingerprint density at radius 1 is 1.03 bits per heavy atom. The molecule has 3 N–H and O–H groups in total. The summed E-state index contributed by atoms with van der Waals surface area (Å²) in [5.74, 6) is -1.06. The van der Waals surface area contributed by atoms with Crippen LogP contribution in [0.25, 0.3) is 11.1 Å². The number of aromatic nitrogens is 1. The number of alkyl carbamates (subject to hydrolysis) is 1. The molecule has 0 spiro atoms. The van der Waals surface area contributed by atoms with Crippen LogP contribution in [0.3, 0.4) is 0 Å². The Labute approximate surface area is 213 Å². The summed E-state index contributed by atoms with van der Waals surface area (Å²) in [7, 11) is 0. The molecule has 9 heteroatoms. The molecule has 0 aliphatic carbocycles. The molecule has 0 fully saturated rings. The van der Waals surface area contributed by atoms with Crippen LogP contribution < -0.4 is 10.9 Å². The standard InChI is InChI=1S/C27H28ClFN2O5/c1-26(2,3)36-25(34)31-13-15-10-23(32)30-14-21(15)20-11-16(27(4,5)35)6-8-18(20)24(33)19-9-7-17(29)12-22(19)28/h6-12,14,35H,13H2,1-5H3,(H,30,32)(H,31,34). The van der Waals surface area contributed by atoms with Gasteiger partial charge in [0.15, 0.2) is 5.78 Å². The van der Waals surface area contributed by atoms with Crippen LogP contribution >= 0.6 is 11.6 Å². The monoisotopic (exact) mass is 514 g/mol. The number of pyridine rings is 1. The van der Waals surface area contributed by atoms with E-state index in [1.165, 1.54) is 18.3 Å². The molecule has 190 valence electrons. The zero-order chi connectivity index (χ0) is 26.8. The van der Waals surface area contributed by atoms with Crippen molar-refractivity contribution in [1.82, 2.24) is 10.3 Å². The van der Waals surface area contributed by atoms with E-state index in [-0.39, 0.29) is 22.7 Å². The van der Waals surface area contributed by atoms with Crippen molar-refractivity contribution in [1.29, 1.82) is 0 Å². The Hall–Kier alpha value is -3.49. The molecule has 7 nitrogen and oxygen atoms in total. The summed E-state index contributed by atoms with van der Waals surface area (Å²) < 4.78 is 18.9. The van der Waals surface area contributed by atoms with E-state index in [1.54, 1.807) is 52.8 Å². The molecule has 0 atom stereocenters. The number of ketones is 1. The van der Waals surface area contributed by atoms with Crippen molar-refractivity contribution in [2.24, 2.45) is 0 Å². The van der Waals surface area contributed by atoms with Crippen LogP contribution in [0.5, 0.6) is 0 Å². The van der Waals surface area contributed by atoms with E-state index in [2.05, 4.69) is 10.3 Å². The molecule has 0 bridgehead atoms. The lowest BCUT2D eigenvalue weighted by molar-refractivity contribution is 0.0523. The molecule has 0 unspecified atom stereocenters. The highest BCUT2D eigenvalue weighted by Gasteiger charge is 2.24. The maximum Gasteiger partial charge on any atom is 0.407 e. The lowest BCUT2D eigenvalue weighted by atomic mass is 9.87. The largest absolute Gasteiger partial charge is 0.444 e. The van der Waals surface area contributed by atoms with Gasteiger partial charge in [0.25, 0.3) is 0 Å². The van der Waals surface area contributed by atoms with E-state index in [1.807, 2.05) is 0 Å². The summed E-state index contributed by atoms with van der Waals surface area (Å²) in [5.41, 5.74) is -0.302. The Morgan fingerprint density at radius 3 is 2.31 bits per heavy atom. The van der Waals surface area contributed by atoms with Crippen LogP contribution in [0, 0.1) is 5.82 Å². The van der Waals surface area contributed by atoms with Crippen LogP contribution in [0.1, 0.15) is 61.7 Å². The summed E-state index contributed by atoms with van der Waals surface area (Å²) in [5, 5.41) is 13.2. The third kappa shape index (κ3) is 6.59. The fourth-order valence-corrected chi connectivity index (χ4v) is 3.81. The van der Waals surface area contributed by atoms with Gasteiger partial charge >= 0.3 is 6.09 Å². The highest BCUT2D eigenvalue weighted by molar-refractivity contribution is 6.35. The van der Waals surface area contributed by atoms with Crippen LogP contribution in [-0.4, -0.2) is 27.6 Å². The third-order valence-corrected chi connectivity index (χ3v) is 5.58. The number of nitrogens with one attached hydrogen (secondary N) is 2. The SMILES string of the molecule is CC(C)(C)OC(=O)NCc1cc(=O)[nH]cc1-c1cc(C(C)(C)O)ccc1C(=O)c1ccc(F)cc1Cl. The molecular weight excluding hydrogens is 487 g/mol. The van der Waals surface area contributed by atoms with Crippen LogP contribution in [0.4, 0.5) is 9.18 Å². The maximum absolute atomic E-state index is 13.6. The van der Waals surface area contributed by atoms with Crippen molar-refractivity contribution in [3.8, 4) is 11.1 Å². The molecule has 2 aromatic carbocycles. The molecule has 1 aromatic heterocycles. The summed E-state index contributed by atoms with van der Waals surface area (Å²) in [6.07, 6.45) is 0.759. The molecule has 0 aliphatic heterocycles. The second-order valence-electron chi connectivity index (χ2n) is 9.86. The summed E-state index contributed by atoms with van der Waals surface area (Å²) in [6.45, 7) is 8.32. The van der Waals surface area contributed by atoms with E-state index in [4.69, 9.17) is 16.3 Å². The van der Waals surface area contributed by atoms with Gasteiger partial charge in [0.05, 0.1) is 10.6 Å². The number of carbonyl (C=O) groups is 2. The molecule has 36 heavy (non-hydrogen) atoms. The van der Waals surface area contributed by atoms with E-state index in [9.17, 15) is 23.9 Å². The predicted octanol–water partition coefficient (Wildman–Crippen LogP) is 5.32. The number of rotatable bonds is 6. The van der Waals surface area contributed by atoms with Gasteiger partial charge in [-0.25, -0.2) is 9.18 Å². The number of aliphatic hydroxyl groups is 1. The van der Waals surface area contributed by atoms with Gasteiger partial charge in [-0.05, 0) is 75.6 Å². The first kappa shape index (κ1) is 27.1. The summed E-state index contributed by atoms with van der Waals surface area (Å²) >= 11 is 6.16. The van der Waals surface area contributed by atoms with Crippen molar-refractivity contribution < 1.29 is 23.8 Å². The second kappa shape index (κ2) is 10.2. The average molecular weight is 515 g/mol. The summed E-state index contributed by atoms with van der Waals surface area (Å²) in [6, 6.07) is 9.58. The number of halogens is 2. The van der Waals surface area contributed by atoms with E-state index < -0.39 is 34.5 Å². The average Bonchev–Trinajstić information content (AvgIpc) is 2.75. The Morgan fingerprint density at radius 2 is 1.69 bits per heavy atom. The smallest absolute Gasteiger partial charge is 0.407 e. The number of hydrogen-bond donors (Lipinski definition) is 3. The van der Waals surface area contributed by atoms with Gasteiger partial charge in [0.1, 0.15) is 11.4 Å². The van der Waals surface area contributed by atoms with E-state index in [0.29, 0.717) is 22.3 Å². The van der Waals surface area contributed by atoms with Crippen LogP contribution in [0.15, 0.2) is 53.5 Å². The lowest BCUT2D eigenvalue weighted by Gasteiger charge is -2.22. The molecule has 3 aromatic rings. The van der Waals surface area contributed by atoms with Crippen molar-refractivity contribution in [3.63, 3.8) is 0 Å². The van der Waals surface area contributed by atoms with Gasteiger partial charge in [-0.15, -0.1) is 0 Å². The van der Waals surface area contributed by atoms with E-state index >= 15 is 0 Å². The van der Waals surface area contributed by atoms with Crippen molar-refractivity contribution in [2.75, 3.05) is 0 Å². The van der Waals surface area contributed by atoms with Gasteiger partial charge in [-0.3, -0.25) is 9.59 Å². The second-order valence-corrected chi connectivity index (χ2v) is 10.3. The fourth-order valence-electron chi connectivity index (χ4n) is 3.56. The topological polar surface area (TPSA) is 108 Å². The highest BCUT2D eigenvalue weighted by Crippen LogP contribution is 2.33. The van der Waals surface area contributed by atoms with Crippen LogP contribution in [-0.2, 0) is 16.9 Å². The first-order valence-electron chi connectivity index (χ1n) is 11.2. The molecule has 0 saturated carbocycles. The zero-order valence-electron chi connectivity index (χ0n) is 20.7. The van der Waals surface area contributed by atoms with Gasteiger partial charge in [0, 0.05) is 35.5 Å². The van der Waals surface area contributed by atoms with Gasteiger partial charge in [-0.1, -0.05) is 23.7 Å². The number of H-pyrrole nitrogens is 1. The first-order valence-corrected chi connectivity index (χ1v) is 11.6. The number of aromatic amines is 1. The van der Waals surface area contributed by atoms with Gasteiger partial charge < -0.3 is 20.1 Å². The van der Waals surface area contributed by atoms with Crippen molar-refractivity contribution >= 4 is 23.5 Å². The number of ether oxygens (including phenoxy) is 1. The molecular formula is C27H28ClFN2O5. The fraction of sp³-hybridized carbons (Fsp3) is 0.296. The quantitative estimate of drug-likeness (QED) is 0.386. The third-order valence-electron chi connectivity index (χ3n) is 5.27. The Balaban J connectivity index is 2.15. The number of amides is 1.